The summed E-state index contributed by atoms with van der Waals surface area (Å²) in [4.78, 5) is 12.5. The summed E-state index contributed by atoms with van der Waals surface area (Å²) in [6.45, 7) is 0.922. The highest BCUT2D eigenvalue weighted by Crippen LogP contribution is 2.36. The van der Waals surface area contributed by atoms with E-state index >= 15 is 0 Å². The van der Waals surface area contributed by atoms with E-state index in [1.165, 1.54) is 26.7 Å². The van der Waals surface area contributed by atoms with Crippen molar-refractivity contribution in [2.75, 3.05) is 19.5 Å². The molecule has 1 aromatic heterocycles. The van der Waals surface area contributed by atoms with Crippen molar-refractivity contribution in [2.45, 2.75) is 32.2 Å². The number of anilines is 1. The molecule has 8 heteroatoms. The number of rotatable bonds is 6. The van der Waals surface area contributed by atoms with Crippen molar-refractivity contribution in [1.29, 1.82) is 0 Å². The Balaban J connectivity index is 1.49. The lowest BCUT2D eigenvalue weighted by molar-refractivity contribution is -0.111. The molecule has 2 aromatic carbocycles. The number of benzene rings is 2. The van der Waals surface area contributed by atoms with Crippen LogP contribution in [0.3, 0.4) is 0 Å². The number of ether oxygens (including phenoxy) is 2. The summed E-state index contributed by atoms with van der Waals surface area (Å²) in [5.74, 6) is 2.57. The van der Waals surface area contributed by atoms with Crippen molar-refractivity contribution >= 4 is 29.3 Å². The van der Waals surface area contributed by atoms with Crippen molar-refractivity contribution in [2.24, 2.45) is 0 Å². The van der Waals surface area contributed by atoms with E-state index in [1.807, 2.05) is 24.3 Å². The molecule has 3 aromatic rings. The van der Waals surface area contributed by atoms with Crippen LogP contribution in [0.1, 0.15) is 30.7 Å². The van der Waals surface area contributed by atoms with Gasteiger partial charge in [0.2, 0.25) is 5.91 Å². The molecule has 1 aliphatic rings. The van der Waals surface area contributed by atoms with Crippen molar-refractivity contribution in [3.8, 4) is 22.9 Å². The number of nitrogens with one attached hydrogen (secondary N) is 1. The number of hydrogen-bond acceptors (Lipinski definition) is 5. The lowest BCUT2D eigenvalue weighted by Crippen LogP contribution is -2.08. The highest BCUT2D eigenvalue weighted by molar-refractivity contribution is 6.32. The minimum atomic E-state index is -0.256. The summed E-state index contributed by atoms with van der Waals surface area (Å²) >= 11 is 6.23. The number of aromatic nitrogens is 3. The highest BCUT2D eigenvalue weighted by atomic mass is 35.5. The Bertz CT molecular complexity index is 1160. The molecule has 1 aliphatic heterocycles. The van der Waals surface area contributed by atoms with E-state index in [-0.39, 0.29) is 5.91 Å². The van der Waals surface area contributed by atoms with Crippen LogP contribution >= 0.6 is 11.6 Å². The van der Waals surface area contributed by atoms with E-state index in [1.54, 1.807) is 18.2 Å². The SMILES string of the molecule is COc1cc(/C=C/C(=O)Nc2cccc(-c3nnc4n3CCCCC4)c2)cc(Cl)c1OC. The number of carbonyl (C=O) groups is 1. The fraction of sp³-hybridized carbons (Fsp3) is 0.292. The molecule has 0 unspecified atom stereocenters. The number of aryl methyl sites for hydroxylation is 1. The van der Waals surface area contributed by atoms with Gasteiger partial charge in [0.25, 0.3) is 0 Å². The smallest absolute Gasteiger partial charge is 0.248 e. The average Bonchev–Trinajstić information content (AvgIpc) is 3.05. The van der Waals surface area contributed by atoms with Gasteiger partial charge in [0.1, 0.15) is 5.82 Å². The summed E-state index contributed by atoms with van der Waals surface area (Å²) in [7, 11) is 3.06. The molecule has 0 saturated heterocycles. The fourth-order valence-corrected chi connectivity index (χ4v) is 4.12. The van der Waals surface area contributed by atoms with E-state index in [0.717, 1.165) is 48.6 Å². The Hall–Kier alpha value is -3.32. The predicted molar refractivity (Wildman–Crippen MR) is 125 cm³/mol. The average molecular weight is 453 g/mol. The van der Waals surface area contributed by atoms with E-state index in [2.05, 4.69) is 20.1 Å². The maximum atomic E-state index is 12.5. The molecular formula is C24H25ClN4O3. The lowest BCUT2D eigenvalue weighted by Gasteiger charge is -2.10. The van der Waals surface area contributed by atoms with Gasteiger partial charge >= 0.3 is 0 Å². The van der Waals surface area contributed by atoms with Gasteiger partial charge in [-0.05, 0) is 48.7 Å². The zero-order chi connectivity index (χ0) is 22.5. The largest absolute Gasteiger partial charge is 0.493 e. The molecule has 7 nitrogen and oxygen atoms in total. The minimum Gasteiger partial charge on any atom is -0.493 e. The van der Waals surface area contributed by atoms with Crippen LogP contribution in [0, 0.1) is 0 Å². The molecule has 0 fully saturated rings. The van der Waals surface area contributed by atoms with Crippen LogP contribution in [0.15, 0.2) is 42.5 Å². The highest BCUT2D eigenvalue weighted by Gasteiger charge is 2.16. The number of nitrogens with zero attached hydrogens (tertiary/aromatic N) is 3. The first-order valence-corrected chi connectivity index (χ1v) is 10.9. The third-order valence-corrected chi connectivity index (χ3v) is 5.66. The topological polar surface area (TPSA) is 78.3 Å². The Morgan fingerprint density at radius 3 is 2.81 bits per heavy atom. The van der Waals surface area contributed by atoms with Crippen molar-refractivity contribution in [3.05, 3.63) is 58.9 Å². The standard InChI is InChI=1S/C24H25ClN4O3/c1-31-20-14-16(13-19(25)23(20)32-2)10-11-22(30)26-18-8-6-7-17(15-18)24-28-27-21-9-4-3-5-12-29(21)24/h6-8,10-11,13-15H,3-5,9,12H2,1-2H3,(H,26,30)/b11-10+. The van der Waals surface area contributed by atoms with Crippen molar-refractivity contribution in [3.63, 3.8) is 0 Å². The van der Waals surface area contributed by atoms with Gasteiger partial charge in [-0.25, -0.2) is 0 Å². The molecule has 0 spiro atoms. The second kappa shape index (κ2) is 9.87. The summed E-state index contributed by atoms with van der Waals surface area (Å²) < 4.78 is 12.7. The third kappa shape index (κ3) is 4.78. The molecule has 32 heavy (non-hydrogen) atoms. The monoisotopic (exact) mass is 452 g/mol. The van der Waals surface area contributed by atoms with E-state index in [4.69, 9.17) is 21.1 Å². The number of amides is 1. The predicted octanol–water partition coefficient (Wildman–Crippen LogP) is 4.99. The van der Waals surface area contributed by atoms with Crippen LogP contribution < -0.4 is 14.8 Å². The Labute approximate surface area is 192 Å². The quantitative estimate of drug-likeness (QED) is 0.533. The lowest BCUT2D eigenvalue weighted by atomic mass is 10.1. The Kier molecular flexibility index (Phi) is 6.75. The Morgan fingerprint density at radius 2 is 2.00 bits per heavy atom. The summed E-state index contributed by atoms with van der Waals surface area (Å²) in [6.07, 6.45) is 7.55. The van der Waals surface area contributed by atoms with Crippen LogP contribution in [0.2, 0.25) is 5.02 Å². The van der Waals surface area contributed by atoms with E-state index < -0.39 is 0 Å². The molecule has 2 heterocycles. The number of fused-ring (bicyclic) bond motifs is 1. The van der Waals surface area contributed by atoms with Crippen LogP contribution in [0.25, 0.3) is 17.5 Å². The molecule has 1 amide bonds. The van der Waals surface area contributed by atoms with Gasteiger partial charge in [-0.3, -0.25) is 4.79 Å². The molecule has 0 aliphatic carbocycles. The van der Waals surface area contributed by atoms with Crippen LogP contribution in [-0.2, 0) is 17.8 Å². The summed E-state index contributed by atoms with van der Waals surface area (Å²) in [5, 5.41) is 12.1. The zero-order valence-electron chi connectivity index (χ0n) is 18.1. The summed E-state index contributed by atoms with van der Waals surface area (Å²) in [5.41, 5.74) is 2.34. The van der Waals surface area contributed by atoms with Gasteiger partial charge in [-0.1, -0.05) is 30.2 Å². The molecule has 4 rings (SSSR count). The van der Waals surface area contributed by atoms with Gasteiger partial charge in [0.15, 0.2) is 17.3 Å². The van der Waals surface area contributed by atoms with Crippen LogP contribution in [0.5, 0.6) is 11.5 Å². The second-order valence-corrected chi connectivity index (χ2v) is 7.95. The summed E-state index contributed by atoms with van der Waals surface area (Å²) in [6, 6.07) is 11.1. The van der Waals surface area contributed by atoms with E-state index in [0.29, 0.717) is 22.2 Å². The van der Waals surface area contributed by atoms with Gasteiger partial charge in [0, 0.05) is 30.3 Å². The number of carbonyl (C=O) groups excluding carboxylic acids is 1. The first-order chi connectivity index (χ1) is 15.6. The van der Waals surface area contributed by atoms with Crippen LogP contribution in [-0.4, -0.2) is 34.9 Å². The second-order valence-electron chi connectivity index (χ2n) is 7.54. The van der Waals surface area contributed by atoms with Gasteiger partial charge in [-0.15, -0.1) is 10.2 Å². The van der Waals surface area contributed by atoms with Gasteiger partial charge in [0.05, 0.1) is 19.2 Å². The first-order valence-electron chi connectivity index (χ1n) is 10.5. The normalized spacial score (nSPS) is 13.5. The molecule has 0 atom stereocenters. The number of methoxy groups -OCH3 is 2. The molecule has 166 valence electrons. The fourth-order valence-electron chi connectivity index (χ4n) is 3.82. The molecular weight excluding hydrogens is 428 g/mol. The van der Waals surface area contributed by atoms with Gasteiger partial charge < -0.3 is 19.4 Å². The van der Waals surface area contributed by atoms with Crippen LogP contribution in [0.4, 0.5) is 5.69 Å². The van der Waals surface area contributed by atoms with Crippen molar-refractivity contribution in [1.82, 2.24) is 14.8 Å². The molecule has 0 saturated carbocycles. The number of hydrogen-bond donors (Lipinski definition) is 1. The maximum Gasteiger partial charge on any atom is 0.248 e. The first kappa shape index (κ1) is 21.9. The third-order valence-electron chi connectivity index (χ3n) is 5.38. The minimum absolute atomic E-state index is 0.256. The molecule has 0 bridgehead atoms. The van der Waals surface area contributed by atoms with Gasteiger partial charge in [-0.2, -0.15) is 0 Å². The van der Waals surface area contributed by atoms with E-state index in [9.17, 15) is 4.79 Å². The number of halogens is 1. The Morgan fingerprint density at radius 1 is 1.12 bits per heavy atom. The molecule has 0 radical (unpaired) electrons. The van der Waals surface area contributed by atoms with Crippen molar-refractivity contribution < 1.29 is 14.3 Å². The zero-order valence-corrected chi connectivity index (χ0v) is 18.9. The molecule has 1 N–H and O–H groups in total. The maximum absolute atomic E-state index is 12.5.